The molecule has 0 heterocycles. The lowest BCUT2D eigenvalue weighted by molar-refractivity contribution is -0.132. The molecule has 3 amide bonds. The van der Waals surface area contributed by atoms with Crippen molar-refractivity contribution < 1.29 is 18.8 Å². The Kier molecular flexibility index (Phi) is 7.11. The van der Waals surface area contributed by atoms with Crippen LogP contribution in [0.5, 0.6) is 0 Å². The van der Waals surface area contributed by atoms with Crippen LogP contribution in [0.1, 0.15) is 10.4 Å². The van der Waals surface area contributed by atoms with Gasteiger partial charge in [-0.1, -0.05) is 42.5 Å². The first-order chi connectivity index (χ1) is 14.9. The van der Waals surface area contributed by atoms with Crippen molar-refractivity contribution in [3.63, 3.8) is 0 Å². The molecule has 6 nitrogen and oxygen atoms in total. The predicted octanol–water partition coefficient (Wildman–Crippen LogP) is 3.32. The van der Waals surface area contributed by atoms with Gasteiger partial charge >= 0.3 is 0 Å². The molecule has 0 radical (unpaired) electrons. The molecule has 0 unspecified atom stereocenters. The number of hydrogen-bond donors (Lipinski definition) is 2. The maximum atomic E-state index is 12.9. The van der Waals surface area contributed by atoms with E-state index in [1.54, 1.807) is 12.1 Å². The molecule has 0 saturated heterocycles. The van der Waals surface area contributed by atoms with Crippen LogP contribution in [0.25, 0.3) is 11.1 Å². The van der Waals surface area contributed by atoms with Crippen LogP contribution >= 0.6 is 0 Å². The molecule has 0 atom stereocenters. The molecule has 0 aliphatic rings. The lowest BCUT2D eigenvalue weighted by atomic mass is 10.0. The summed E-state index contributed by atoms with van der Waals surface area (Å²) in [5, 5.41) is 5.14. The third kappa shape index (κ3) is 6.24. The van der Waals surface area contributed by atoms with Crippen LogP contribution in [0.4, 0.5) is 10.1 Å². The van der Waals surface area contributed by atoms with Crippen LogP contribution in [-0.4, -0.2) is 42.8 Å². The molecule has 3 rings (SSSR count). The molecule has 3 aromatic carbocycles. The zero-order valence-electron chi connectivity index (χ0n) is 17.0. The summed E-state index contributed by atoms with van der Waals surface area (Å²) < 4.78 is 12.9. The number of nitrogens with zero attached hydrogens (tertiary/aromatic N) is 1. The zero-order valence-corrected chi connectivity index (χ0v) is 17.0. The van der Waals surface area contributed by atoms with E-state index in [2.05, 4.69) is 10.6 Å². The summed E-state index contributed by atoms with van der Waals surface area (Å²) in [7, 11) is 1.47. The van der Waals surface area contributed by atoms with E-state index in [0.29, 0.717) is 11.3 Å². The maximum Gasteiger partial charge on any atom is 0.251 e. The third-order valence-corrected chi connectivity index (χ3v) is 4.59. The molecule has 0 aliphatic heterocycles. The first kappa shape index (κ1) is 21.7. The number of rotatable bonds is 7. The summed E-state index contributed by atoms with van der Waals surface area (Å²) in [5.74, 6) is -1.62. The molecule has 0 aromatic heterocycles. The van der Waals surface area contributed by atoms with Crippen molar-refractivity contribution in [2.24, 2.45) is 0 Å². The van der Waals surface area contributed by atoms with E-state index < -0.39 is 17.6 Å². The Balaban J connectivity index is 1.47. The topological polar surface area (TPSA) is 78.5 Å². The average Bonchev–Trinajstić information content (AvgIpc) is 2.79. The fourth-order valence-corrected chi connectivity index (χ4v) is 2.87. The standard InChI is InChI=1S/C24H22FN3O3/c1-28(16-22(29)27-21-13-11-20(25)12-14-21)23(30)15-26-24(31)19-9-7-18(8-10-19)17-5-3-2-4-6-17/h2-14H,15-16H2,1H3,(H,26,31)(H,27,29). The van der Waals surface area contributed by atoms with Crippen molar-refractivity contribution in [3.05, 3.63) is 90.2 Å². The highest BCUT2D eigenvalue weighted by Crippen LogP contribution is 2.19. The monoisotopic (exact) mass is 419 g/mol. The number of nitrogens with one attached hydrogen (secondary N) is 2. The van der Waals surface area contributed by atoms with E-state index in [0.717, 1.165) is 11.1 Å². The fraction of sp³-hybridized carbons (Fsp3) is 0.125. The zero-order chi connectivity index (χ0) is 22.2. The second-order valence-electron chi connectivity index (χ2n) is 6.93. The maximum absolute atomic E-state index is 12.9. The summed E-state index contributed by atoms with van der Waals surface area (Å²) in [6, 6.07) is 22.2. The summed E-state index contributed by atoms with van der Waals surface area (Å²) in [6.07, 6.45) is 0. The van der Waals surface area contributed by atoms with E-state index in [4.69, 9.17) is 0 Å². The minimum atomic E-state index is -0.426. The molecule has 0 bridgehead atoms. The van der Waals surface area contributed by atoms with E-state index in [1.165, 1.54) is 36.2 Å². The van der Waals surface area contributed by atoms with Gasteiger partial charge in [-0.15, -0.1) is 0 Å². The van der Waals surface area contributed by atoms with Crippen LogP contribution < -0.4 is 10.6 Å². The molecular weight excluding hydrogens is 397 g/mol. The van der Waals surface area contributed by atoms with Crippen LogP contribution in [0.3, 0.4) is 0 Å². The Morgan fingerprint density at radius 1 is 0.839 bits per heavy atom. The van der Waals surface area contributed by atoms with Gasteiger partial charge in [-0.3, -0.25) is 14.4 Å². The van der Waals surface area contributed by atoms with Crippen LogP contribution in [0, 0.1) is 5.82 Å². The summed E-state index contributed by atoms with van der Waals surface area (Å²) in [6.45, 7) is -0.433. The number of halogens is 1. The van der Waals surface area contributed by atoms with Gasteiger partial charge in [0, 0.05) is 18.3 Å². The van der Waals surface area contributed by atoms with Crippen LogP contribution in [0.15, 0.2) is 78.9 Å². The normalized spacial score (nSPS) is 10.3. The van der Waals surface area contributed by atoms with Gasteiger partial charge in [-0.2, -0.15) is 0 Å². The number of hydrogen-bond acceptors (Lipinski definition) is 3. The Bertz CT molecular complexity index is 1050. The summed E-state index contributed by atoms with van der Waals surface area (Å²) >= 11 is 0. The van der Waals surface area contributed by atoms with Crippen LogP contribution in [-0.2, 0) is 9.59 Å². The Morgan fingerprint density at radius 2 is 1.45 bits per heavy atom. The Hall–Kier alpha value is -4.00. The molecule has 0 fully saturated rings. The molecule has 2 N–H and O–H groups in total. The van der Waals surface area contributed by atoms with Crippen LogP contribution in [0.2, 0.25) is 0 Å². The molecular formula is C24H22FN3O3. The molecule has 0 saturated carbocycles. The van der Waals surface area contributed by atoms with Gasteiger partial charge in [0.1, 0.15) is 5.82 Å². The quantitative estimate of drug-likeness (QED) is 0.617. The van der Waals surface area contributed by atoms with Gasteiger partial charge in [0.2, 0.25) is 11.8 Å². The van der Waals surface area contributed by atoms with E-state index >= 15 is 0 Å². The van der Waals surface area contributed by atoms with Gasteiger partial charge in [0.25, 0.3) is 5.91 Å². The lowest BCUT2D eigenvalue weighted by Gasteiger charge is -2.17. The van der Waals surface area contributed by atoms with Gasteiger partial charge in [0.05, 0.1) is 13.1 Å². The molecule has 3 aromatic rings. The largest absolute Gasteiger partial charge is 0.343 e. The van der Waals surface area contributed by atoms with Gasteiger partial charge in [-0.05, 0) is 47.5 Å². The number of anilines is 1. The minimum absolute atomic E-state index is 0.197. The van der Waals surface area contributed by atoms with E-state index in [1.807, 2.05) is 42.5 Å². The van der Waals surface area contributed by atoms with Crippen molar-refractivity contribution in [2.45, 2.75) is 0 Å². The summed E-state index contributed by atoms with van der Waals surface area (Å²) in [5.41, 5.74) is 2.90. The first-order valence-electron chi connectivity index (χ1n) is 9.65. The van der Waals surface area contributed by atoms with Gasteiger partial charge < -0.3 is 15.5 Å². The van der Waals surface area contributed by atoms with E-state index in [9.17, 15) is 18.8 Å². The van der Waals surface area contributed by atoms with Gasteiger partial charge in [0.15, 0.2) is 0 Å². The first-order valence-corrected chi connectivity index (χ1v) is 9.65. The van der Waals surface area contributed by atoms with Crippen molar-refractivity contribution in [2.75, 3.05) is 25.5 Å². The smallest absolute Gasteiger partial charge is 0.251 e. The number of carbonyl (C=O) groups is 3. The molecule has 7 heteroatoms. The Morgan fingerprint density at radius 3 is 2.10 bits per heavy atom. The predicted molar refractivity (Wildman–Crippen MR) is 117 cm³/mol. The van der Waals surface area contributed by atoms with E-state index in [-0.39, 0.29) is 19.0 Å². The molecule has 158 valence electrons. The number of carbonyl (C=O) groups excluding carboxylic acids is 3. The number of amides is 3. The molecule has 0 aliphatic carbocycles. The SMILES string of the molecule is CN(CC(=O)Nc1ccc(F)cc1)C(=O)CNC(=O)c1ccc(-c2ccccc2)cc1. The second-order valence-corrected chi connectivity index (χ2v) is 6.93. The average molecular weight is 419 g/mol. The highest BCUT2D eigenvalue weighted by molar-refractivity contribution is 5.98. The highest BCUT2D eigenvalue weighted by Gasteiger charge is 2.15. The number of likely N-dealkylation sites (N-methyl/N-ethyl adjacent to an activating group) is 1. The second kappa shape index (κ2) is 10.2. The summed E-state index contributed by atoms with van der Waals surface area (Å²) in [4.78, 5) is 37.8. The van der Waals surface area contributed by atoms with Crippen molar-refractivity contribution in [1.82, 2.24) is 10.2 Å². The third-order valence-electron chi connectivity index (χ3n) is 4.59. The fourth-order valence-electron chi connectivity index (χ4n) is 2.87. The Labute approximate surface area is 179 Å². The molecule has 31 heavy (non-hydrogen) atoms. The minimum Gasteiger partial charge on any atom is -0.343 e. The van der Waals surface area contributed by atoms with Crippen molar-refractivity contribution in [1.29, 1.82) is 0 Å². The van der Waals surface area contributed by atoms with Crippen molar-refractivity contribution in [3.8, 4) is 11.1 Å². The highest BCUT2D eigenvalue weighted by atomic mass is 19.1. The number of benzene rings is 3. The van der Waals surface area contributed by atoms with Crippen molar-refractivity contribution >= 4 is 23.4 Å². The molecule has 0 spiro atoms. The lowest BCUT2D eigenvalue weighted by Crippen LogP contribution is -2.41. The van der Waals surface area contributed by atoms with Gasteiger partial charge in [-0.25, -0.2) is 4.39 Å².